The molecule has 3 amide bonds. The lowest BCUT2D eigenvalue weighted by atomic mass is 9.85. The molecule has 0 spiro atoms. The number of urea groups is 1. The van der Waals surface area contributed by atoms with Crippen molar-refractivity contribution in [1.82, 2.24) is 15.8 Å². The molecule has 1 aliphatic heterocycles. The number of nitriles is 1. The molecule has 0 saturated heterocycles. The van der Waals surface area contributed by atoms with E-state index in [9.17, 15) is 14.7 Å². The van der Waals surface area contributed by atoms with Crippen LogP contribution >= 0.6 is 0 Å². The Labute approximate surface area is 140 Å². The Morgan fingerprint density at radius 2 is 2.08 bits per heavy atom. The zero-order valence-electron chi connectivity index (χ0n) is 14.0. The molecule has 128 valence electrons. The molecule has 1 aromatic rings. The van der Waals surface area contributed by atoms with Gasteiger partial charge in [0.2, 0.25) is 5.91 Å². The molecule has 1 heterocycles. The number of carbonyl (C=O) groups is 2. The largest absolute Gasteiger partial charge is 0.485 e. The molecule has 0 aliphatic carbocycles. The summed E-state index contributed by atoms with van der Waals surface area (Å²) < 4.78 is 5.80. The third-order valence-electron chi connectivity index (χ3n) is 3.83. The van der Waals surface area contributed by atoms with Gasteiger partial charge in [0.15, 0.2) is 0 Å². The molecule has 1 aliphatic rings. The van der Waals surface area contributed by atoms with Crippen LogP contribution in [0.4, 0.5) is 4.79 Å². The highest BCUT2D eigenvalue weighted by atomic mass is 16.5. The normalized spacial score (nSPS) is 20.8. The van der Waals surface area contributed by atoms with Gasteiger partial charge in [0.05, 0.1) is 11.6 Å². The molecule has 0 saturated carbocycles. The summed E-state index contributed by atoms with van der Waals surface area (Å²) in [5.74, 6) is -0.0263. The molecule has 2 rings (SSSR count). The second-order valence-corrected chi connectivity index (χ2v) is 6.05. The molecular formula is C16H20N4O4. The van der Waals surface area contributed by atoms with Gasteiger partial charge in [-0.3, -0.25) is 10.2 Å². The van der Waals surface area contributed by atoms with E-state index in [1.165, 1.54) is 20.0 Å². The average Bonchev–Trinajstić information content (AvgIpc) is 2.53. The molecule has 2 unspecified atom stereocenters. The Hall–Kier alpha value is -2.79. The van der Waals surface area contributed by atoms with Gasteiger partial charge in [-0.25, -0.2) is 9.80 Å². The lowest BCUT2D eigenvalue weighted by Gasteiger charge is -2.45. The minimum atomic E-state index is -1.14. The van der Waals surface area contributed by atoms with Crippen LogP contribution in [0, 0.1) is 11.3 Å². The summed E-state index contributed by atoms with van der Waals surface area (Å²) in [6.45, 7) is 4.63. The lowest BCUT2D eigenvalue weighted by Crippen LogP contribution is -2.60. The van der Waals surface area contributed by atoms with E-state index in [1.807, 2.05) is 6.07 Å². The van der Waals surface area contributed by atoms with Gasteiger partial charge in [-0.2, -0.15) is 5.26 Å². The van der Waals surface area contributed by atoms with Gasteiger partial charge in [-0.15, -0.1) is 0 Å². The SMILES string of the molecule is CNC(=O)N(NC(C)=O)C1c2cc(C#N)ccc2OC(C)(C)C1O. The van der Waals surface area contributed by atoms with Crippen LogP contribution in [-0.4, -0.2) is 40.8 Å². The number of carbonyl (C=O) groups excluding carboxylic acids is 2. The van der Waals surface area contributed by atoms with Gasteiger partial charge in [-0.05, 0) is 32.0 Å². The number of nitrogens with one attached hydrogen (secondary N) is 2. The summed E-state index contributed by atoms with van der Waals surface area (Å²) >= 11 is 0. The minimum absolute atomic E-state index is 0.355. The van der Waals surface area contributed by atoms with Crippen LogP contribution in [0.2, 0.25) is 0 Å². The number of hydrogen-bond donors (Lipinski definition) is 3. The van der Waals surface area contributed by atoms with Gasteiger partial charge in [0.1, 0.15) is 23.5 Å². The van der Waals surface area contributed by atoms with Crippen molar-refractivity contribution in [2.45, 2.75) is 38.5 Å². The molecule has 24 heavy (non-hydrogen) atoms. The van der Waals surface area contributed by atoms with Crippen molar-refractivity contribution >= 4 is 11.9 Å². The van der Waals surface area contributed by atoms with Crippen molar-refractivity contribution in [1.29, 1.82) is 5.26 Å². The summed E-state index contributed by atoms with van der Waals surface area (Å²) in [6, 6.07) is 5.24. The number of rotatable bonds is 1. The van der Waals surface area contributed by atoms with Gasteiger partial charge in [-0.1, -0.05) is 0 Å². The van der Waals surface area contributed by atoms with E-state index >= 15 is 0 Å². The van der Waals surface area contributed by atoms with E-state index in [1.54, 1.807) is 26.0 Å². The van der Waals surface area contributed by atoms with Crippen molar-refractivity contribution in [2.24, 2.45) is 0 Å². The smallest absolute Gasteiger partial charge is 0.336 e. The standard InChI is InChI=1S/C16H20N4O4/c1-9(21)19-20(15(23)18-4)13-11-7-10(8-17)5-6-12(11)24-16(2,3)14(13)22/h5-7,13-14,22H,1-4H3,(H,18,23)(H,19,21). The first-order chi connectivity index (χ1) is 11.2. The summed E-state index contributed by atoms with van der Waals surface area (Å²) in [4.78, 5) is 23.8. The van der Waals surface area contributed by atoms with Crippen LogP contribution in [0.1, 0.15) is 37.9 Å². The predicted molar refractivity (Wildman–Crippen MR) is 84.7 cm³/mol. The van der Waals surface area contributed by atoms with E-state index in [0.717, 1.165) is 5.01 Å². The third kappa shape index (κ3) is 3.12. The number of hydrazine groups is 1. The van der Waals surface area contributed by atoms with Crippen LogP contribution in [0.15, 0.2) is 18.2 Å². The van der Waals surface area contributed by atoms with Crippen LogP contribution in [0.3, 0.4) is 0 Å². The van der Waals surface area contributed by atoms with E-state index in [-0.39, 0.29) is 0 Å². The zero-order valence-corrected chi connectivity index (χ0v) is 14.0. The number of hydrogen-bond acceptors (Lipinski definition) is 5. The number of amides is 3. The van der Waals surface area contributed by atoms with Crippen molar-refractivity contribution in [3.8, 4) is 11.8 Å². The zero-order chi connectivity index (χ0) is 18.1. The Morgan fingerprint density at radius 3 is 2.62 bits per heavy atom. The Morgan fingerprint density at radius 1 is 1.42 bits per heavy atom. The lowest BCUT2D eigenvalue weighted by molar-refractivity contribution is -0.129. The number of benzene rings is 1. The van der Waals surface area contributed by atoms with Gasteiger partial charge >= 0.3 is 6.03 Å². The Bertz CT molecular complexity index is 711. The van der Waals surface area contributed by atoms with E-state index in [0.29, 0.717) is 16.9 Å². The molecule has 8 heteroatoms. The highest BCUT2D eigenvalue weighted by molar-refractivity contribution is 5.80. The van der Waals surface area contributed by atoms with Crippen LogP contribution < -0.4 is 15.5 Å². The van der Waals surface area contributed by atoms with Gasteiger partial charge in [0, 0.05) is 19.5 Å². The Balaban J connectivity index is 2.62. The number of ether oxygens (including phenoxy) is 1. The maximum Gasteiger partial charge on any atom is 0.336 e. The maximum absolute atomic E-state index is 12.3. The van der Waals surface area contributed by atoms with Crippen molar-refractivity contribution in [2.75, 3.05) is 7.05 Å². The van der Waals surface area contributed by atoms with E-state index in [4.69, 9.17) is 10.00 Å². The van der Waals surface area contributed by atoms with Crippen molar-refractivity contribution in [3.05, 3.63) is 29.3 Å². The van der Waals surface area contributed by atoms with Crippen LogP contribution in [0.5, 0.6) is 5.75 Å². The topological polar surface area (TPSA) is 115 Å². The van der Waals surface area contributed by atoms with Gasteiger partial charge < -0.3 is 15.2 Å². The van der Waals surface area contributed by atoms with E-state index in [2.05, 4.69) is 10.7 Å². The number of fused-ring (bicyclic) bond motifs is 1. The quantitative estimate of drug-likeness (QED) is 0.659. The number of aliphatic hydroxyl groups is 1. The highest BCUT2D eigenvalue weighted by Gasteiger charge is 2.47. The second-order valence-electron chi connectivity index (χ2n) is 6.05. The third-order valence-corrected chi connectivity index (χ3v) is 3.83. The maximum atomic E-state index is 12.3. The average molecular weight is 332 g/mol. The fraction of sp³-hybridized carbons (Fsp3) is 0.438. The molecule has 1 aromatic carbocycles. The van der Waals surface area contributed by atoms with Gasteiger partial charge in [0.25, 0.3) is 0 Å². The fourth-order valence-electron chi connectivity index (χ4n) is 2.65. The fourth-order valence-corrected chi connectivity index (χ4v) is 2.65. The summed E-state index contributed by atoms with van der Waals surface area (Å²) in [5.41, 5.74) is 2.23. The summed E-state index contributed by atoms with van der Waals surface area (Å²) in [6.07, 6.45) is -1.14. The van der Waals surface area contributed by atoms with Crippen molar-refractivity contribution < 1.29 is 19.4 Å². The monoisotopic (exact) mass is 332 g/mol. The molecule has 3 N–H and O–H groups in total. The highest BCUT2D eigenvalue weighted by Crippen LogP contribution is 2.42. The first kappa shape index (κ1) is 17.6. The molecule has 0 aromatic heterocycles. The second kappa shape index (κ2) is 6.37. The van der Waals surface area contributed by atoms with Crippen LogP contribution in [0.25, 0.3) is 0 Å². The Kier molecular flexibility index (Phi) is 4.66. The first-order valence-corrected chi connectivity index (χ1v) is 7.40. The summed E-state index contributed by atoms with van der Waals surface area (Å²) in [7, 11) is 1.42. The van der Waals surface area contributed by atoms with Crippen LogP contribution in [-0.2, 0) is 4.79 Å². The molecule has 2 atom stereocenters. The minimum Gasteiger partial charge on any atom is -0.485 e. The molecular weight excluding hydrogens is 312 g/mol. The molecule has 0 radical (unpaired) electrons. The number of aliphatic hydroxyl groups excluding tert-OH is 1. The molecule has 0 fully saturated rings. The molecule has 0 bridgehead atoms. The molecule has 8 nitrogen and oxygen atoms in total. The van der Waals surface area contributed by atoms with E-state index < -0.39 is 29.7 Å². The number of nitrogens with zero attached hydrogens (tertiary/aromatic N) is 2. The first-order valence-electron chi connectivity index (χ1n) is 7.40. The van der Waals surface area contributed by atoms with Crippen molar-refractivity contribution in [3.63, 3.8) is 0 Å². The predicted octanol–water partition coefficient (Wildman–Crippen LogP) is 0.824. The summed E-state index contributed by atoms with van der Waals surface area (Å²) in [5, 5.41) is 23.3.